The summed E-state index contributed by atoms with van der Waals surface area (Å²) in [6.45, 7) is 2.00. The highest BCUT2D eigenvalue weighted by atomic mass is 16.5. The number of nitrogens with zero attached hydrogens (tertiary/aromatic N) is 1. The molecule has 3 rings (SSSR count). The monoisotopic (exact) mass is 312 g/mol. The quantitative estimate of drug-likeness (QED) is 0.809. The molecule has 0 radical (unpaired) electrons. The molecule has 1 aliphatic rings. The average molecular weight is 312 g/mol. The van der Waals surface area contributed by atoms with Gasteiger partial charge >= 0.3 is 6.03 Å². The Morgan fingerprint density at radius 1 is 1.35 bits per heavy atom. The van der Waals surface area contributed by atoms with E-state index >= 15 is 0 Å². The highest BCUT2D eigenvalue weighted by Crippen LogP contribution is 2.32. The lowest BCUT2D eigenvalue weighted by atomic mass is 10.2. The number of aromatic nitrogens is 1. The van der Waals surface area contributed by atoms with Crippen LogP contribution in [0.25, 0.3) is 0 Å². The Hall–Kier alpha value is -3.09. The molecule has 0 aliphatic carbocycles. The number of hydrogen-bond acceptors (Lipinski definition) is 4. The first-order valence-corrected chi connectivity index (χ1v) is 7.18. The Balaban J connectivity index is 1.61. The molecule has 0 saturated carbocycles. The number of benzene rings is 1. The Bertz CT molecular complexity index is 733. The zero-order chi connectivity index (χ0) is 16.2. The molecular weight excluding hydrogens is 296 g/mol. The van der Waals surface area contributed by atoms with Crippen molar-refractivity contribution >= 4 is 23.3 Å². The number of rotatable bonds is 3. The van der Waals surface area contributed by atoms with E-state index in [0.717, 1.165) is 5.69 Å². The maximum Gasteiger partial charge on any atom is 0.319 e. The fraction of sp³-hybridized carbons (Fsp3) is 0.188. The number of amides is 3. The van der Waals surface area contributed by atoms with Gasteiger partial charge in [-0.3, -0.25) is 9.78 Å². The molecule has 0 bridgehead atoms. The highest BCUT2D eigenvalue weighted by Gasteiger charge is 2.23. The minimum absolute atomic E-state index is 0.214. The number of nitrogens with one attached hydrogen (secondary N) is 3. The first-order valence-electron chi connectivity index (χ1n) is 7.18. The summed E-state index contributed by atoms with van der Waals surface area (Å²) < 4.78 is 5.46. The maximum atomic E-state index is 11.9. The number of anilines is 2. The van der Waals surface area contributed by atoms with Crippen molar-refractivity contribution in [1.82, 2.24) is 10.3 Å². The van der Waals surface area contributed by atoms with Crippen molar-refractivity contribution in [1.29, 1.82) is 0 Å². The Morgan fingerprint density at radius 2 is 2.22 bits per heavy atom. The smallest absolute Gasteiger partial charge is 0.319 e. The van der Waals surface area contributed by atoms with Crippen LogP contribution in [0, 0.1) is 0 Å². The number of hydrogen-bond donors (Lipinski definition) is 3. The van der Waals surface area contributed by atoms with Crippen LogP contribution in [0.5, 0.6) is 5.75 Å². The third kappa shape index (κ3) is 3.57. The van der Waals surface area contributed by atoms with E-state index in [-0.39, 0.29) is 11.9 Å². The molecule has 23 heavy (non-hydrogen) atoms. The average Bonchev–Trinajstić information content (AvgIpc) is 2.55. The molecule has 7 heteroatoms. The van der Waals surface area contributed by atoms with Gasteiger partial charge in [0.05, 0.1) is 17.9 Å². The van der Waals surface area contributed by atoms with E-state index in [1.165, 1.54) is 0 Å². The summed E-state index contributed by atoms with van der Waals surface area (Å²) in [6.07, 6.45) is 1.14. The summed E-state index contributed by atoms with van der Waals surface area (Å²) in [5.41, 5.74) is 1.86. The van der Waals surface area contributed by atoms with E-state index in [9.17, 15) is 9.59 Å². The molecule has 0 saturated heterocycles. The summed E-state index contributed by atoms with van der Waals surface area (Å²) in [5, 5.41) is 8.15. The standard InChI is InChI=1S/C16H16N4O3/c1-10-15(21)20-13-8-11(5-6-14(13)23-10)19-16(22)18-9-12-4-2-3-7-17-12/h2-8,10H,9H2,1H3,(H,20,21)(H2,18,19,22). The first kappa shape index (κ1) is 14.8. The zero-order valence-corrected chi connectivity index (χ0v) is 12.5. The number of carbonyl (C=O) groups excluding carboxylic acids is 2. The van der Waals surface area contributed by atoms with Crippen LogP contribution >= 0.6 is 0 Å². The summed E-state index contributed by atoms with van der Waals surface area (Å²) >= 11 is 0. The van der Waals surface area contributed by atoms with Gasteiger partial charge in [-0.15, -0.1) is 0 Å². The second-order valence-corrected chi connectivity index (χ2v) is 5.09. The molecule has 1 aliphatic heterocycles. The topological polar surface area (TPSA) is 92.3 Å². The van der Waals surface area contributed by atoms with Crippen LogP contribution in [0.2, 0.25) is 0 Å². The van der Waals surface area contributed by atoms with Crippen molar-refractivity contribution in [3.8, 4) is 5.75 Å². The number of ether oxygens (including phenoxy) is 1. The van der Waals surface area contributed by atoms with E-state index in [1.807, 2.05) is 18.2 Å². The molecule has 1 aromatic heterocycles. The zero-order valence-electron chi connectivity index (χ0n) is 12.5. The molecule has 1 aromatic carbocycles. The molecule has 7 nitrogen and oxygen atoms in total. The number of carbonyl (C=O) groups is 2. The lowest BCUT2D eigenvalue weighted by molar-refractivity contribution is -0.122. The van der Waals surface area contributed by atoms with Crippen molar-refractivity contribution in [2.75, 3.05) is 10.6 Å². The second-order valence-electron chi connectivity index (χ2n) is 5.09. The van der Waals surface area contributed by atoms with Crippen LogP contribution in [-0.2, 0) is 11.3 Å². The number of pyridine rings is 1. The van der Waals surface area contributed by atoms with E-state index in [4.69, 9.17) is 4.74 Å². The Morgan fingerprint density at radius 3 is 3.00 bits per heavy atom. The molecule has 3 amide bonds. The maximum absolute atomic E-state index is 11.9. The molecule has 1 unspecified atom stereocenters. The molecule has 1 atom stereocenters. The van der Waals surface area contributed by atoms with Crippen molar-refractivity contribution in [2.45, 2.75) is 19.6 Å². The lowest BCUT2D eigenvalue weighted by Gasteiger charge is -2.23. The van der Waals surface area contributed by atoms with Gasteiger partial charge in [-0.05, 0) is 37.3 Å². The number of urea groups is 1. The van der Waals surface area contributed by atoms with Crippen molar-refractivity contribution in [3.63, 3.8) is 0 Å². The van der Waals surface area contributed by atoms with E-state index in [2.05, 4.69) is 20.9 Å². The fourth-order valence-corrected chi connectivity index (χ4v) is 2.14. The largest absolute Gasteiger partial charge is 0.479 e. The molecule has 118 valence electrons. The van der Waals surface area contributed by atoms with Crippen molar-refractivity contribution in [2.24, 2.45) is 0 Å². The van der Waals surface area contributed by atoms with Crippen LogP contribution in [0.1, 0.15) is 12.6 Å². The van der Waals surface area contributed by atoms with Crippen LogP contribution in [0.15, 0.2) is 42.6 Å². The van der Waals surface area contributed by atoms with Gasteiger partial charge in [-0.1, -0.05) is 6.07 Å². The molecule has 0 fully saturated rings. The van der Waals surface area contributed by atoms with Gasteiger partial charge in [0.25, 0.3) is 5.91 Å². The Labute approximate surface area is 133 Å². The van der Waals surface area contributed by atoms with E-state index < -0.39 is 6.10 Å². The van der Waals surface area contributed by atoms with Gasteiger partial charge in [0.15, 0.2) is 6.10 Å². The van der Waals surface area contributed by atoms with Crippen LogP contribution in [0.4, 0.5) is 16.2 Å². The third-order valence-corrected chi connectivity index (χ3v) is 3.32. The van der Waals surface area contributed by atoms with E-state index in [1.54, 1.807) is 31.3 Å². The number of fused-ring (bicyclic) bond motifs is 1. The summed E-state index contributed by atoms with van der Waals surface area (Å²) in [5.74, 6) is 0.366. The molecule has 0 spiro atoms. The molecule has 2 heterocycles. The SMILES string of the molecule is CC1Oc2ccc(NC(=O)NCc3ccccn3)cc2NC1=O. The second kappa shape index (κ2) is 6.35. The normalized spacial score (nSPS) is 15.9. The van der Waals surface area contributed by atoms with Gasteiger partial charge < -0.3 is 20.7 Å². The van der Waals surface area contributed by atoms with Crippen LogP contribution in [-0.4, -0.2) is 23.0 Å². The van der Waals surface area contributed by atoms with Crippen LogP contribution in [0.3, 0.4) is 0 Å². The van der Waals surface area contributed by atoms with Gasteiger partial charge in [-0.2, -0.15) is 0 Å². The minimum atomic E-state index is -0.525. The van der Waals surface area contributed by atoms with Gasteiger partial charge in [0.2, 0.25) is 0 Å². The van der Waals surface area contributed by atoms with Gasteiger partial charge in [0, 0.05) is 11.9 Å². The minimum Gasteiger partial charge on any atom is -0.479 e. The van der Waals surface area contributed by atoms with Crippen molar-refractivity contribution in [3.05, 3.63) is 48.3 Å². The lowest BCUT2D eigenvalue weighted by Crippen LogP contribution is -2.34. The summed E-state index contributed by atoms with van der Waals surface area (Å²) in [6, 6.07) is 10.2. The Kier molecular flexibility index (Phi) is 4.09. The molecular formula is C16H16N4O3. The predicted molar refractivity (Wildman–Crippen MR) is 85.3 cm³/mol. The van der Waals surface area contributed by atoms with Gasteiger partial charge in [0.1, 0.15) is 5.75 Å². The van der Waals surface area contributed by atoms with Crippen LogP contribution < -0.4 is 20.7 Å². The molecule has 2 aromatic rings. The summed E-state index contributed by atoms with van der Waals surface area (Å²) in [4.78, 5) is 27.6. The summed E-state index contributed by atoms with van der Waals surface area (Å²) in [7, 11) is 0. The predicted octanol–water partition coefficient (Wildman–Crippen LogP) is 2.12. The molecule has 3 N–H and O–H groups in total. The van der Waals surface area contributed by atoms with Gasteiger partial charge in [-0.25, -0.2) is 4.79 Å². The van der Waals surface area contributed by atoms with Crippen molar-refractivity contribution < 1.29 is 14.3 Å². The fourth-order valence-electron chi connectivity index (χ4n) is 2.14. The first-order chi connectivity index (χ1) is 11.1. The highest BCUT2D eigenvalue weighted by molar-refractivity contribution is 5.99. The third-order valence-electron chi connectivity index (χ3n) is 3.32. The van der Waals surface area contributed by atoms with E-state index in [0.29, 0.717) is 23.7 Å².